The first-order valence-electron chi connectivity index (χ1n) is 7.20. The normalized spacial score (nSPS) is 8.90. The maximum atomic E-state index is 10.1. The fraction of sp³-hybridized carbons (Fsp3) is 0.933. The molecule has 0 aromatic carbocycles. The Labute approximate surface area is 134 Å². The lowest BCUT2D eigenvalue weighted by atomic mass is 10.4. The summed E-state index contributed by atoms with van der Waals surface area (Å²) in [6, 6.07) is 0. The van der Waals surface area contributed by atoms with Gasteiger partial charge in [-0.1, -0.05) is 26.7 Å². The zero-order chi connectivity index (χ0) is 16.1. The van der Waals surface area contributed by atoms with Gasteiger partial charge in [-0.05, 0) is 31.6 Å². The molecular weight excluding hydrogens is 292 g/mol. The summed E-state index contributed by atoms with van der Waals surface area (Å²) in [5.74, 6) is 0.947. The minimum absolute atomic E-state index is 0.182. The molecule has 0 rings (SSSR count). The highest BCUT2D eigenvalue weighted by molar-refractivity contribution is 7.98. The van der Waals surface area contributed by atoms with Crippen LogP contribution in [0.3, 0.4) is 0 Å². The van der Waals surface area contributed by atoms with E-state index >= 15 is 0 Å². The van der Waals surface area contributed by atoms with E-state index in [1.807, 2.05) is 24.3 Å². The molecule has 20 heavy (non-hydrogen) atoms. The van der Waals surface area contributed by atoms with Gasteiger partial charge in [-0.2, -0.15) is 23.5 Å². The fourth-order valence-electron chi connectivity index (χ4n) is 0.851. The van der Waals surface area contributed by atoms with Crippen LogP contribution in [0.15, 0.2) is 0 Å². The first kappa shape index (κ1) is 25.1. The van der Waals surface area contributed by atoms with Gasteiger partial charge in [-0.25, -0.2) is 0 Å². The third-order valence-electron chi connectivity index (χ3n) is 1.88. The minimum atomic E-state index is -0.182. The van der Waals surface area contributed by atoms with Gasteiger partial charge in [0, 0.05) is 19.3 Å². The number of carbonyl (C=O) groups excluding carboxylic acids is 1. The lowest BCUT2D eigenvalue weighted by molar-refractivity contribution is -0.141. The van der Waals surface area contributed by atoms with Crippen LogP contribution < -0.4 is 0 Å². The van der Waals surface area contributed by atoms with Gasteiger partial charge in [0.15, 0.2) is 0 Å². The molecule has 0 bridgehead atoms. The first-order chi connectivity index (χ1) is 9.60. The van der Waals surface area contributed by atoms with E-state index in [0.717, 1.165) is 31.8 Å². The Balaban J connectivity index is -0.000000243. The lowest BCUT2D eigenvalue weighted by Crippen LogP contribution is -1.99. The van der Waals surface area contributed by atoms with Gasteiger partial charge in [0.25, 0.3) is 0 Å². The largest absolute Gasteiger partial charge is 0.466 e. The van der Waals surface area contributed by atoms with Crippen molar-refractivity contribution in [1.82, 2.24) is 0 Å². The molecule has 0 aliphatic rings. The van der Waals surface area contributed by atoms with E-state index < -0.39 is 0 Å². The molecule has 0 saturated carbocycles. The molecule has 0 aromatic heterocycles. The SMILES string of the molecule is CCCCOC(C)=O.CCCCOCCSC.CSC. The Bertz CT molecular complexity index is 161. The molecule has 0 saturated heterocycles. The summed E-state index contributed by atoms with van der Waals surface area (Å²) in [7, 11) is 0. The van der Waals surface area contributed by atoms with Crippen LogP contribution in [-0.4, -0.2) is 50.3 Å². The van der Waals surface area contributed by atoms with Crippen molar-refractivity contribution in [2.75, 3.05) is 44.3 Å². The third kappa shape index (κ3) is 42.9. The van der Waals surface area contributed by atoms with Crippen molar-refractivity contribution in [2.45, 2.75) is 46.5 Å². The Hall–Kier alpha value is 0.130. The zero-order valence-corrected chi connectivity index (χ0v) is 15.8. The van der Waals surface area contributed by atoms with Gasteiger partial charge in [0.2, 0.25) is 0 Å². The van der Waals surface area contributed by atoms with E-state index in [1.165, 1.54) is 19.8 Å². The van der Waals surface area contributed by atoms with Crippen LogP contribution in [0.2, 0.25) is 0 Å². The van der Waals surface area contributed by atoms with E-state index in [0.29, 0.717) is 6.61 Å². The molecule has 0 spiro atoms. The van der Waals surface area contributed by atoms with Crippen LogP contribution in [0.5, 0.6) is 0 Å². The summed E-state index contributed by atoms with van der Waals surface area (Å²) in [5, 5.41) is 0. The van der Waals surface area contributed by atoms with Gasteiger partial charge in [0.05, 0.1) is 13.2 Å². The predicted octanol–water partition coefficient (Wildman–Crippen LogP) is 4.49. The van der Waals surface area contributed by atoms with Gasteiger partial charge in [-0.15, -0.1) is 0 Å². The maximum absolute atomic E-state index is 10.1. The molecule has 5 heteroatoms. The van der Waals surface area contributed by atoms with Crippen molar-refractivity contribution in [2.24, 2.45) is 0 Å². The van der Waals surface area contributed by atoms with Crippen LogP contribution in [0, 0.1) is 0 Å². The molecule has 124 valence electrons. The molecule has 0 amide bonds. The van der Waals surface area contributed by atoms with E-state index in [9.17, 15) is 4.79 Å². The second-order valence-corrected chi connectivity index (χ2v) is 5.86. The second kappa shape index (κ2) is 27.5. The highest BCUT2D eigenvalue weighted by Gasteiger charge is 1.88. The van der Waals surface area contributed by atoms with Crippen LogP contribution in [0.4, 0.5) is 0 Å². The van der Waals surface area contributed by atoms with Gasteiger partial charge in [-0.3, -0.25) is 4.79 Å². The average Bonchev–Trinajstić information content (AvgIpc) is 2.40. The van der Waals surface area contributed by atoms with Crippen LogP contribution in [-0.2, 0) is 14.3 Å². The topological polar surface area (TPSA) is 35.5 Å². The molecule has 0 radical (unpaired) electrons. The number of hydrogen-bond donors (Lipinski definition) is 0. The summed E-state index contributed by atoms with van der Waals surface area (Å²) in [6.07, 6.45) is 10.7. The predicted molar refractivity (Wildman–Crippen MR) is 95.1 cm³/mol. The smallest absolute Gasteiger partial charge is 0.302 e. The summed E-state index contributed by atoms with van der Waals surface area (Å²) >= 11 is 3.58. The first-order valence-corrected chi connectivity index (χ1v) is 10.2. The van der Waals surface area contributed by atoms with Crippen molar-refractivity contribution in [1.29, 1.82) is 0 Å². The lowest BCUT2D eigenvalue weighted by Gasteiger charge is -1.99. The molecule has 0 fully saturated rings. The van der Waals surface area contributed by atoms with Gasteiger partial charge < -0.3 is 9.47 Å². The van der Waals surface area contributed by atoms with Crippen molar-refractivity contribution < 1.29 is 14.3 Å². The number of thioether (sulfide) groups is 2. The molecule has 0 aliphatic carbocycles. The summed E-state index contributed by atoms with van der Waals surface area (Å²) < 4.78 is 9.94. The summed E-state index contributed by atoms with van der Waals surface area (Å²) in [5.41, 5.74) is 0. The number of ether oxygens (including phenoxy) is 2. The van der Waals surface area contributed by atoms with Gasteiger partial charge in [0.1, 0.15) is 0 Å². The Morgan fingerprint density at radius 3 is 1.85 bits per heavy atom. The summed E-state index contributed by atoms with van der Waals surface area (Å²) in [4.78, 5) is 10.1. The molecule has 0 aliphatic heterocycles. The molecule has 0 aromatic rings. The monoisotopic (exact) mass is 326 g/mol. The highest BCUT2D eigenvalue weighted by Crippen LogP contribution is 1.92. The molecule has 0 unspecified atom stereocenters. The number of esters is 1. The standard InChI is InChI=1S/C7H16OS.C6H12O2.C2H6S/c1-3-4-5-8-6-7-9-2;1-3-4-5-8-6(2)7;1-3-2/h3-7H2,1-2H3;3-5H2,1-2H3;1-2H3. The van der Waals surface area contributed by atoms with Crippen LogP contribution >= 0.6 is 23.5 Å². The second-order valence-electron chi connectivity index (χ2n) is 4.06. The van der Waals surface area contributed by atoms with Crippen molar-refractivity contribution in [3.8, 4) is 0 Å². The Morgan fingerprint density at radius 2 is 1.45 bits per heavy atom. The van der Waals surface area contributed by atoms with Crippen molar-refractivity contribution >= 4 is 29.5 Å². The molecule has 0 atom stereocenters. The van der Waals surface area contributed by atoms with Crippen LogP contribution in [0.25, 0.3) is 0 Å². The molecular formula is C15H34O3S2. The van der Waals surface area contributed by atoms with Crippen LogP contribution in [0.1, 0.15) is 46.5 Å². The van der Waals surface area contributed by atoms with Crippen molar-refractivity contribution in [3.05, 3.63) is 0 Å². The Kier molecular flexibility index (Phi) is 34.5. The fourth-order valence-corrected chi connectivity index (χ4v) is 1.14. The maximum Gasteiger partial charge on any atom is 0.302 e. The Morgan fingerprint density at radius 1 is 0.950 bits per heavy atom. The quantitative estimate of drug-likeness (QED) is 0.460. The van der Waals surface area contributed by atoms with Gasteiger partial charge >= 0.3 is 5.97 Å². The summed E-state index contributed by atoms with van der Waals surface area (Å²) in [6.45, 7) is 8.10. The minimum Gasteiger partial charge on any atom is -0.466 e. The number of hydrogen-bond acceptors (Lipinski definition) is 5. The van der Waals surface area contributed by atoms with E-state index in [1.54, 1.807) is 11.8 Å². The van der Waals surface area contributed by atoms with E-state index in [2.05, 4.69) is 24.8 Å². The highest BCUT2D eigenvalue weighted by atomic mass is 32.2. The molecule has 3 nitrogen and oxygen atoms in total. The van der Waals surface area contributed by atoms with Crippen molar-refractivity contribution in [3.63, 3.8) is 0 Å². The zero-order valence-electron chi connectivity index (χ0n) is 14.2. The molecule has 0 N–H and O–H groups in total. The number of unbranched alkanes of at least 4 members (excludes halogenated alkanes) is 2. The average molecular weight is 327 g/mol. The van der Waals surface area contributed by atoms with E-state index in [-0.39, 0.29) is 5.97 Å². The number of rotatable bonds is 9. The molecule has 0 heterocycles. The number of carbonyl (C=O) groups is 1. The van der Waals surface area contributed by atoms with E-state index in [4.69, 9.17) is 4.74 Å². The third-order valence-corrected chi connectivity index (χ3v) is 2.45.